The number of allylic oxidation sites excluding steroid dienone is 3. The number of carbonyl (C=O) groups is 2. The third-order valence-corrected chi connectivity index (χ3v) is 3.11. The number of ether oxygens (including phenoxy) is 1. The minimum absolute atomic E-state index is 0.225. The van der Waals surface area contributed by atoms with Crippen LogP contribution in [-0.2, 0) is 9.53 Å². The molecular formula is C21H30O3. The van der Waals surface area contributed by atoms with Gasteiger partial charge in [-0.1, -0.05) is 57.9 Å². The van der Waals surface area contributed by atoms with Gasteiger partial charge in [-0.3, -0.25) is 4.79 Å². The van der Waals surface area contributed by atoms with Crippen LogP contribution < -0.4 is 0 Å². The minimum Gasteiger partial charge on any atom is -0.431 e. The van der Waals surface area contributed by atoms with Crippen molar-refractivity contribution in [2.75, 3.05) is 0 Å². The molecule has 0 unspecified atom stereocenters. The van der Waals surface area contributed by atoms with E-state index in [1.54, 1.807) is 18.2 Å². The van der Waals surface area contributed by atoms with Gasteiger partial charge in [0.25, 0.3) is 0 Å². The molecule has 0 radical (unpaired) electrons. The largest absolute Gasteiger partial charge is 0.431 e. The molecule has 0 saturated carbocycles. The van der Waals surface area contributed by atoms with Crippen LogP contribution in [0.25, 0.3) is 0 Å². The molecule has 0 fully saturated rings. The summed E-state index contributed by atoms with van der Waals surface area (Å²) < 4.78 is 4.96. The van der Waals surface area contributed by atoms with Crippen molar-refractivity contribution in [2.45, 2.75) is 59.3 Å². The average molecular weight is 330 g/mol. The van der Waals surface area contributed by atoms with Crippen molar-refractivity contribution in [3.8, 4) is 0 Å². The second-order valence-electron chi connectivity index (χ2n) is 5.30. The van der Waals surface area contributed by atoms with E-state index in [0.29, 0.717) is 12.0 Å². The highest BCUT2D eigenvalue weighted by Gasteiger charge is 2.02. The molecule has 24 heavy (non-hydrogen) atoms. The molecule has 0 aliphatic heterocycles. The Hall–Kier alpha value is -2.16. The molecule has 0 bridgehead atoms. The zero-order valence-corrected chi connectivity index (χ0v) is 15.2. The first-order valence-corrected chi connectivity index (χ1v) is 8.76. The molecule has 1 aromatic rings. The first-order chi connectivity index (χ1) is 11.7. The topological polar surface area (TPSA) is 43.4 Å². The van der Waals surface area contributed by atoms with Gasteiger partial charge in [0.15, 0.2) is 5.78 Å². The van der Waals surface area contributed by atoms with Crippen LogP contribution in [-0.4, -0.2) is 11.8 Å². The summed E-state index contributed by atoms with van der Waals surface area (Å²) in [6, 6.07) is 8.98. The van der Waals surface area contributed by atoms with E-state index in [0.717, 1.165) is 32.1 Å². The molecule has 0 amide bonds. The lowest BCUT2D eigenvalue weighted by atomic mass is 10.2. The van der Waals surface area contributed by atoms with Gasteiger partial charge in [0.1, 0.15) is 0 Å². The van der Waals surface area contributed by atoms with Gasteiger partial charge in [0, 0.05) is 6.42 Å². The Balaban J connectivity index is 0.000000506. The van der Waals surface area contributed by atoms with E-state index in [-0.39, 0.29) is 11.8 Å². The SMILES string of the molecule is CCCC=CC(=O)CC.CCCCC=COC(=O)c1ccccc1. The van der Waals surface area contributed by atoms with E-state index in [2.05, 4.69) is 13.8 Å². The molecule has 3 nitrogen and oxygen atoms in total. The highest BCUT2D eigenvalue weighted by atomic mass is 16.5. The molecule has 0 aliphatic rings. The number of hydrogen-bond donors (Lipinski definition) is 0. The van der Waals surface area contributed by atoms with Crippen LogP contribution in [0.4, 0.5) is 0 Å². The van der Waals surface area contributed by atoms with Crippen molar-refractivity contribution in [1.29, 1.82) is 0 Å². The summed E-state index contributed by atoms with van der Waals surface area (Å²) in [5.74, 6) is -0.0770. The first kappa shape index (κ1) is 21.8. The van der Waals surface area contributed by atoms with Crippen LogP contribution >= 0.6 is 0 Å². The summed E-state index contributed by atoms with van der Waals surface area (Å²) in [5, 5.41) is 0. The van der Waals surface area contributed by atoms with E-state index in [9.17, 15) is 9.59 Å². The highest BCUT2D eigenvalue weighted by Crippen LogP contribution is 2.02. The maximum absolute atomic E-state index is 11.4. The quantitative estimate of drug-likeness (QED) is 0.246. The Bertz CT molecular complexity index is 501. The average Bonchev–Trinajstić information content (AvgIpc) is 2.62. The van der Waals surface area contributed by atoms with Crippen LogP contribution in [0.15, 0.2) is 54.8 Å². The van der Waals surface area contributed by atoms with Gasteiger partial charge >= 0.3 is 5.97 Å². The predicted octanol–water partition coefficient (Wildman–Crippen LogP) is 5.87. The molecule has 1 rings (SSSR count). The third-order valence-electron chi connectivity index (χ3n) is 3.11. The number of esters is 1. The third kappa shape index (κ3) is 12.4. The fourth-order valence-electron chi connectivity index (χ4n) is 1.64. The summed E-state index contributed by atoms with van der Waals surface area (Å²) >= 11 is 0. The summed E-state index contributed by atoms with van der Waals surface area (Å²) in [6.07, 6.45) is 13.0. The van der Waals surface area contributed by atoms with Crippen molar-refractivity contribution in [3.05, 3.63) is 60.4 Å². The Morgan fingerprint density at radius 1 is 0.958 bits per heavy atom. The van der Waals surface area contributed by atoms with E-state index in [4.69, 9.17) is 4.74 Å². The molecule has 0 N–H and O–H groups in total. The fourth-order valence-corrected chi connectivity index (χ4v) is 1.64. The molecule has 0 spiro atoms. The van der Waals surface area contributed by atoms with Crippen LogP contribution in [0.5, 0.6) is 0 Å². The molecule has 0 aliphatic carbocycles. The molecule has 0 saturated heterocycles. The number of hydrogen-bond acceptors (Lipinski definition) is 3. The second-order valence-corrected chi connectivity index (χ2v) is 5.30. The Labute approximate surface area is 146 Å². The zero-order valence-electron chi connectivity index (χ0n) is 15.2. The van der Waals surface area contributed by atoms with Gasteiger partial charge in [0.05, 0.1) is 11.8 Å². The number of unbranched alkanes of at least 4 members (excludes halogenated alkanes) is 3. The maximum atomic E-state index is 11.4. The number of benzene rings is 1. The monoisotopic (exact) mass is 330 g/mol. The summed E-state index contributed by atoms with van der Waals surface area (Å²) in [5.41, 5.74) is 0.581. The van der Waals surface area contributed by atoms with Gasteiger partial charge in [-0.15, -0.1) is 0 Å². The molecule has 3 heteroatoms. The van der Waals surface area contributed by atoms with Crippen molar-refractivity contribution in [1.82, 2.24) is 0 Å². The van der Waals surface area contributed by atoms with Gasteiger partial charge in [-0.2, -0.15) is 0 Å². The number of carbonyl (C=O) groups excluding carboxylic acids is 2. The molecule has 0 heterocycles. The lowest BCUT2D eigenvalue weighted by molar-refractivity contribution is -0.114. The lowest BCUT2D eigenvalue weighted by Gasteiger charge is -1.97. The van der Waals surface area contributed by atoms with Gasteiger partial charge < -0.3 is 4.74 Å². The molecule has 0 aromatic heterocycles. The smallest absolute Gasteiger partial charge is 0.342 e. The fraction of sp³-hybridized carbons (Fsp3) is 0.429. The van der Waals surface area contributed by atoms with Crippen molar-refractivity contribution < 1.29 is 14.3 Å². The minimum atomic E-state index is -0.302. The molecule has 132 valence electrons. The Kier molecular flexibility index (Phi) is 14.3. The second kappa shape index (κ2) is 15.7. The number of rotatable bonds is 9. The number of ketones is 1. The van der Waals surface area contributed by atoms with Gasteiger partial charge in [0.2, 0.25) is 0 Å². The van der Waals surface area contributed by atoms with Crippen LogP contribution in [0.3, 0.4) is 0 Å². The Morgan fingerprint density at radius 2 is 1.67 bits per heavy atom. The van der Waals surface area contributed by atoms with Gasteiger partial charge in [-0.25, -0.2) is 4.79 Å². The summed E-state index contributed by atoms with van der Waals surface area (Å²) in [7, 11) is 0. The highest BCUT2D eigenvalue weighted by molar-refractivity contribution is 5.89. The molecule has 0 atom stereocenters. The van der Waals surface area contributed by atoms with E-state index in [1.807, 2.05) is 37.3 Å². The van der Waals surface area contributed by atoms with Crippen molar-refractivity contribution in [3.63, 3.8) is 0 Å². The van der Waals surface area contributed by atoms with E-state index in [1.165, 1.54) is 6.26 Å². The lowest BCUT2D eigenvalue weighted by Crippen LogP contribution is -1.99. The van der Waals surface area contributed by atoms with Crippen LogP contribution in [0.1, 0.15) is 69.7 Å². The van der Waals surface area contributed by atoms with Crippen molar-refractivity contribution in [2.24, 2.45) is 0 Å². The standard InChI is InChI=1S/C13H16O2.C8H14O/c1-2-3-4-8-11-15-13(14)12-9-6-5-7-10-12;1-3-5-6-7-8(9)4-2/h5-11H,2-4H2,1H3;6-7H,3-5H2,1-2H3. The van der Waals surface area contributed by atoms with E-state index >= 15 is 0 Å². The zero-order chi connectivity index (χ0) is 18.0. The van der Waals surface area contributed by atoms with E-state index < -0.39 is 0 Å². The van der Waals surface area contributed by atoms with Crippen LogP contribution in [0, 0.1) is 0 Å². The molecule has 1 aromatic carbocycles. The normalized spacial score (nSPS) is 10.5. The summed E-state index contributed by atoms with van der Waals surface area (Å²) in [4.78, 5) is 22.0. The van der Waals surface area contributed by atoms with Crippen LogP contribution in [0.2, 0.25) is 0 Å². The predicted molar refractivity (Wildman–Crippen MR) is 99.9 cm³/mol. The Morgan fingerprint density at radius 3 is 2.25 bits per heavy atom. The molecular weight excluding hydrogens is 300 g/mol. The maximum Gasteiger partial charge on any atom is 0.342 e. The van der Waals surface area contributed by atoms with Gasteiger partial charge in [-0.05, 0) is 43.5 Å². The first-order valence-electron chi connectivity index (χ1n) is 8.76. The van der Waals surface area contributed by atoms with Crippen molar-refractivity contribution >= 4 is 11.8 Å². The summed E-state index contributed by atoms with van der Waals surface area (Å²) in [6.45, 7) is 6.10.